The Bertz CT molecular complexity index is 1050. The maximum Gasteiger partial charge on any atom is 0.430 e. The van der Waals surface area contributed by atoms with Crippen LogP contribution in [0.2, 0.25) is 0 Å². The Kier molecular flexibility index (Phi) is 11.7. The standard InChI is InChI=1S/C18H8F30O/c19-5(20,1-3-7(23,24)25)9(29,30)11(33,34)13(37,38)15(41,42)17(45,46)49-18(47,48)16(43,44)14(39,40)12(35,36)10(31,32)6(21,22)2-4-8(26,27)28/h1-4H2. The molecule has 0 N–H and O–H groups in total. The van der Waals surface area contributed by atoms with Gasteiger partial charge in [-0.15, -0.1) is 0 Å². The molecule has 0 aromatic rings. The topological polar surface area (TPSA) is 9.23 Å². The summed E-state index contributed by atoms with van der Waals surface area (Å²) in [6.45, 7) is 0. The van der Waals surface area contributed by atoms with Gasteiger partial charge in [0, 0.05) is 25.7 Å². The molecule has 0 rings (SSSR count). The molecule has 0 atom stereocenters. The molecule has 0 aromatic carbocycles. The predicted octanol–water partition coefficient (Wildman–Crippen LogP) is 11.2. The molecular formula is C18H8F30O. The van der Waals surface area contributed by atoms with E-state index in [1.165, 1.54) is 0 Å². The van der Waals surface area contributed by atoms with Crippen LogP contribution in [0.3, 0.4) is 0 Å². The second kappa shape index (κ2) is 12.2. The SMILES string of the molecule is FC(F)(F)CCC(F)(F)C(F)(F)C(F)(F)C(F)(F)C(F)(F)C(F)(F)OC(F)(F)C(F)(F)C(F)(F)C(F)(F)C(F)(F)C(F)(F)CCC(F)(F)F. The van der Waals surface area contributed by atoms with E-state index < -0.39 is 109 Å². The van der Waals surface area contributed by atoms with Gasteiger partial charge in [-0.2, -0.15) is 132 Å². The normalized spacial score (nSPS) is 16.8. The van der Waals surface area contributed by atoms with Crippen LogP contribution in [0.1, 0.15) is 25.7 Å². The lowest BCUT2D eigenvalue weighted by Crippen LogP contribution is -2.73. The molecule has 1 nitrogen and oxygen atoms in total. The molecular weight excluding hydrogens is 802 g/mol. The molecule has 0 heterocycles. The highest BCUT2D eigenvalue weighted by Crippen LogP contribution is 2.64. The van der Waals surface area contributed by atoms with E-state index in [1.54, 1.807) is 0 Å². The maximum absolute atomic E-state index is 13.7. The predicted molar refractivity (Wildman–Crippen MR) is 91.0 cm³/mol. The first-order chi connectivity index (χ1) is 20.6. The van der Waals surface area contributed by atoms with E-state index in [9.17, 15) is 132 Å². The first-order valence-corrected chi connectivity index (χ1v) is 11.0. The van der Waals surface area contributed by atoms with Crippen molar-refractivity contribution in [2.45, 2.75) is 109 Å². The lowest BCUT2D eigenvalue weighted by molar-refractivity contribution is -0.526. The molecule has 0 unspecified atom stereocenters. The zero-order chi connectivity index (χ0) is 40.5. The second-order valence-corrected chi connectivity index (χ2v) is 9.37. The third kappa shape index (κ3) is 7.58. The Morgan fingerprint density at radius 3 is 0.592 bits per heavy atom. The van der Waals surface area contributed by atoms with Gasteiger partial charge in [0.05, 0.1) is 0 Å². The highest BCUT2D eigenvalue weighted by atomic mass is 19.4. The number of halogens is 30. The molecule has 49 heavy (non-hydrogen) atoms. The molecule has 0 saturated heterocycles. The molecule has 0 aliphatic carbocycles. The van der Waals surface area contributed by atoms with E-state index in [2.05, 4.69) is 0 Å². The van der Waals surface area contributed by atoms with Crippen molar-refractivity contribution in [3.63, 3.8) is 0 Å². The average Bonchev–Trinajstić information content (AvgIpc) is 2.83. The van der Waals surface area contributed by atoms with Crippen molar-refractivity contribution < 1.29 is 136 Å². The zero-order valence-corrected chi connectivity index (χ0v) is 21.6. The van der Waals surface area contributed by atoms with Gasteiger partial charge in [-0.05, 0) is 0 Å². The number of hydrogen-bond donors (Lipinski definition) is 0. The van der Waals surface area contributed by atoms with E-state index >= 15 is 0 Å². The minimum Gasteiger partial charge on any atom is -0.245 e. The largest absolute Gasteiger partial charge is 0.430 e. The van der Waals surface area contributed by atoms with Gasteiger partial charge >= 0.3 is 83.8 Å². The molecule has 0 aliphatic heterocycles. The second-order valence-electron chi connectivity index (χ2n) is 9.37. The Balaban J connectivity index is 6.95. The third-order valence-corrected chi connectivity index (χ3v) is 5.72. The summed E-state index contributed by atoms with van der Waals surface area (Å²) >= 11 is 0. The number of alkyl halides is 30. The summed E-state index contributed by atoms with van der Waals surface area (Å²) in [5.74, 6) is -86.3. The van der Waals surface area contributed by atoms with E-state index in [1.807, 2.05) is 0 Å². The number of ether oxygens (including phenoxy) is 1. The van der Waals surface area contributed by atoms with Crippen LogP contribution in [-0.2, 0) is 4.74 Å². The lowest BCUT2D eigenvalue weighted by atomic mass is 9.91. The maximum atomic E-state index is 13.7. The smallest absolute Gasteiger partial charge is 0.245 e. The van der Waals surface area contributed by atoms with Gasteiger partial charge in [0.2, 0.25) is 0 Å². The minimum atomic E-state index is -9.22. The fourth-order valence-corrected chi connectivity index (χ4v) is 2.81. The van der Waals surface area contributed by atoms with Crippen LogP contribution in [0.15, 0.2) is 0 Å². The van der Waals surface area contributed by atoms with Crippen LogP contribution in [0.4, 0.5) is 132 Å². The van der Waals surface area contributed by atoms with Gasteiger partial charge in [0.25, 0.3) is 0 Å². The Hall–Kier alpha value is -2.14. The van der Waals surface area contributed by atoms with Crippen molar-refractivity contribution in [3.05, 3.63) is 0 Å². The molecule has 0 aliphatic rings. The molecule has 0 saturated carbocycles. The Labute approximate surface area is 247 Å². The monoisotopic (exact) mass is 810 g/mol. The zero-order valence-electron chi connectivity index (χ0n) is 21.6. The molecule has 31 heteroatoms. The number of rotatable bonds is 16. The summed E-state index contributed by atoms with van der Waals surface area (Å²) in [6.07, 6.45) is -44.5. The van der Waals surface area contributed by atoms with Crippen molar-refractivity contribution in [2.24, 2.45) is 0 Å². The van der Waals surface area contributed by atoms with Crippen molar-refractivity contribution in [3.8, 4) is 0 Å². The van der Waals surface area contributed by atoms with Gasteiger partial charge in [-0.3, -0.25) is 0 Å². The highest BCUT2D eigenvalue weighted by Gasteiger charge is 2.94. The van der Waals surface area contributed by atoms with E-state index in [0.717, 1.165) is 4.74 Å². The highest BCUT2D eigenvalue weighted by molar-refractivity contribution is 5.13. The Morgan fingerprint density at radius 2 is 0.408 bits per heavy atom. The van der Waals surface area contributed by atoms with Gasteiger partial charge in [-0.1, -0.05) is 0 Å². The number of hydrogen-bond acceptors (Lipinski definition) is 1. The van der Waals surface area contributed by atoms with Crippen molar-refractivity contribution >= 4 is 0 Å². The van der Waals surface area contributed by atoms with Crippen LogP contribution in [0.5, 0.6) is 0 Å². The van der Waals surface area contributed by atoms with Crippen LogP contribution < -0.4 is 0 Å². The van der Waals surface area contributed by atoms with Crippen LogP contribution in [-0.4, -0.2) is 83.8 Å². The van der Waals surface area contributed by atoms with E-state index in [0.29, 0.717) is 0 Å². The molecule has 0 bridgehead atoms. The summed E-state index contributed by atoms with van der Waals surface area (Å²) in [6, 6.07) is 0. The van der Waals surface area contributed by atoms with Crippen molar-refractivity contribution in [2.75, 3.05) is 0 Å². The van der Waals surface area contributed by atoms with E-state index in [-0.39, 0.29) is 0 Å². The summed E-state index contributed by atoms with van der Waals surface area (Å²) in [5, 5.41) is 0. The van der Waals surface area contributed by atoms with Gasteiger partial charge in [-0.25, -0.2) is 4.74 Å². The van der Waals surface area contributed by atoms with Crippen molar-refractivity contribution in [1.82, 2.24) is 0 Å². The summed E-state index contributed by atoms with van der Waals surface area (Å²) in [5.41, 5.74) is 0. The van der Waals surface area contributed by atoms with Crippen LogP contribution in [0, 0.1) is 0 Å². The molecule has 0 aromatic heterocycles. The van der Waals surface area contributed by atoms with Gasteiger partial charge in [0.15, 0.2) is 0 Å². The van der Waals surface area contributed by atoms with Gasteiger partial charge in [0.1, 0.15) is 0 Å². The minimum absolute atomic E-state index is 0.743. The first-order valence-electron chi connectivity index (χ1n) is 11.0. The molecule has 0 fully saturated rings. The summed E-state index contributed by atoms with van der Waals surface area (Å²) < 4.78 is 398. The van der Waals surface area contributed by atoms with Gasteiger partial charge < -0.3 is 0 Å². The fourth-order valence-electron chi connectivity index (χ4n) is 2.81. The molecule has 0 spiro atoms. The van der Waals surface area contributed by atoms with Crippen molar-refractivity contribution in [1.29, 1.82) is 0 Å². The lowest BCUT2D eigenvalue weighted by Gasteiger charge is -2.43. The molecule has 296 valence electrons. The first kappa shape index (κ1) is 46.9. The molecule has 0 amide bonds. The van der Waals surface area contributed by atoms with E-state index in [4.69, 9.17) is 0 Å². The molecule has 0 radical (unpaired) electrons. The summed E-state index contributed by atoms with van der Waals surface area (Å²) in [7, 11) is 0. The third-order valence-electron chi connectivity index (χ3n) is 5.72. The van der Waals surface area contributed by atoms with Crippen LogP contribution in [0.25, 0.3) is 0 Å². The summed E-state index contributed by atoms with van der Waals surface area (Å²) in [4.78, 5) is 0. The fraction of sp³-hybridized carbons (Fsp3) is 1.00. The quantitative estimate of drug-likeness (QED) is 0.141. The van der Waals surface area contributed by atoms with Crippen LogP contribution >= 0.6 is 0 Å². The Morgan fingerprint density at radius 1 is 0.224 bits per heavy atom. The average molecular weight is 810 g/mol.